The quantitative estimate of drug-likeness (QED) is 0.144. The summed E-state index contributed by atoms with van der Waals surface area (Å²) in [5.74, 6) is -1.29. The molecule has 0 amide bonds. The van der Waals surface area contributed by atoms with Crippen LogP contribution in [0.2, 0.25) is 0 Å². The van der Waals surface area contributed by atoms with Gasteiger partial charge in [0.2, 0.25) is 25.9 Å². The van der Waals surface area contributed by atoms with Gasteiger partial charge in [-0.2, -0.15) is 9.94 Å². The molecule has 0 unspecified atom stereocenters. The summed E-state index contributed by atoms with van der Waals surface area (Å²) in [6, 6.07) is 12.5. The van der Waals surface area contributed by atoms with E-state index in [4.69, 9.17) is 26.5 Å². The highest BCUT2D eigenvalue weighted by molar-refractivity contribution is 7.92. The molecule has 0 aliphatic carbocycles. The molecule has 214 valence electrons. The number of aliphatic carboxylic acids is 1. The summed E-state index contributed by atoms with van der Waals surface area (Å²) in [6.07, 6.45) is 0.161. The van der Waals surface area contributed by atoms with Crippen molar-refractivity contribution in [2.45, 2.75) is 22.9 Å². The van der Waals surface area contributed by atoms with Crippen LogP contribution < -0.4 is 26.4 Å². The number of para-hydroxylation sites is 1. The van der Waals surface area contributed by atoms with Crippen LogP contribution in [-0.4, -0.2) is 53.4 Å². The number of aromatic amines is 1. The Morgan fingerprint density at radius 2 is 1.80 bits per heavy atom. The highest BCUT2D eigenvalue weighted by atomic mass is 32.2. The minimum Gasteiger partial charge on any atom is -0.550 e. The number of anilines is 1. The number of rotatable bonds is 7. The van der Waals surface area contributed by atoms with E-state index in [0.717, 1.165) is 17.7 Å². The van der Waals surface area contributed by atoms with Gasteiger partial charge in [0.15, 0.2) is 5.13 Å². The molecular formula is C22H21N10O6S3-. The topological polar surface area (TPSA) is 279 Å². The number of aromatic nitrogens is 6. The Kier molecular flexibility index (Phi) is 8.37. The predicted octanol–water partition coefficient (Wildman–Crippen LogP) is -0.540. The van der Waals surface area contributed by atoms with Crippen LogP contribution in [0, 0.1) is 0 Å². The van der Waals surface area contributed by atoms with Gasteiger partial charge < -0.3 is 21.4 Å². The van der Waals surface area contributed by atoms with E-state index in [9.17, 15) is 16.8 Å². The SMILES string of the molecule is CC(=O)[O-].Nc1nc2c(-c3ccc(S(=O)(=O)N[C@@H](N)c4ccccn4)c(S(N)(=O)=O)c3-c3nn[nH]n3)cccc2s1. The molecule has 0 fully saturated rings. The van der Waals surface area contributed by atoms with Crippen molar-refractivity contribution >= 4 is 52.7 Å². The first kappa shape index (κ1) is 29.6. The maximum atomic E-state index is 13.4. The van der Waals surface area contributed by atoms with E-state index in [1.54, 1.807) is 30.3 Å². The van der Waals surface area contributed by atoms with Crippen LogP contribution in [0.1, 0.15) is 18.8 Å². The van der Waals surface area contributed by atoms with Gasteiger partial charge in [0.25, 0.3) is 0 Å². The fourth-order valence-corrected chi connectivity index (χ4v) is 7.25. The number of primary sulfonamides is 1. The van der Waals surface area contributed by atoms with Crippen LogP contribution in [0.25, 0.3) is 32.7 Å². The fourth-order valence-electron chi connectivity index (χ4n) is 3.81. The summed E-state index contributed by atoms with van der Waals surface area (Å²) < 4.78 is 55.7. The van der Waals surface area contributed by atoms with E-state index in [0.29, 0.717) is 16.2 Å². The number of hydrogen-bond acceptors (Lipinski definition) is 14. The molecule has 3 heterocycles. The molecule has 0 spiro atoms. The molecule has 0 aliphatic heterocycles. The van der Waals surface area contributed by atoms with Gasteiger partial charge in [-0.15, -0.1) is 10.2 Å². The van der Waals surface area contributed by atoms with Crippen LogP contribution in [0.3, 0.4) is 0 Å². The molecule has 8 N–H and O–H groups in total. The normalized spacial score (nSPS) is 12.5. The molecule has 0 radical (unpaired) electrons. The highest BCUT2D eigenvalue weighted by Gasteiger charge is 2.33. The first-order chi connectivity index (χ1) is 19.3. The number of sulfonamides is 2. The average molecular weight is 618 g/mol. The number of carbonyl (C=O) groups excluding carboxylic acids is 1. The second-order valence-electron chi connectivity index (χ2n) is 8.15. The maximum absolute atomic E-state index is 13.4. The number of hydrogen-bond donors (Lipinski definition) is 5. The number of nitrogens with one attached hydrogen (secondary N) is 2. The molecule has 16 nitrogen and oxygen atoms in total. The van der Waals surface area contributed by atoms with E-state index in [1.165, 1.54) is 29.7 Å². The van der Waals surface area contributed by atoms with Crippen molar-refractivity contribution < 1.29 is 26.7 Å². The van der Waals surface area contributed by atoms with Crippen molar-refractivity contribution in [3.8, 4) is 22.5 Å². The first-order valence-electron chi connectivity index (χ1n) is 11.2. The standard InChI is InChI=1S/C20H18N10O4S3.C2H4O2/c21-18(12-5-1-2-9-24-12)28-37(33,34)14-8-7-10(11-4-3-6-13-16(11)25-20(22)35-13)15(17(14)36(23,31)32)19-26-29-30-27-19;1-2(3)4/h1-9,18,28H,21H2,(H2,22,25)(H2,23,31,32)(H,26,27,29,30);1H3,(H,3,4)/p-1/t18-;/m1./s1. The maximum Gasteiger partial charge on any atom is 0.243 e. The second-order valence-corrected chi connectivity index (χ2v) is 12.4. The number of nitrogen functional groups attached to an aromatic ring is 1. The van der Waals surface area contributed by atoms with E-state index in [1.807, 2.05) is 0 Å². The zero-order valence-electron chi connectivity index (χ0n) is 20.9. The molecular weight excluding hydrogens is 597 g/mol. The van der Waals surface area contributed by atoms with Gasteiger partial charge in [-0.05, 0) is 42.0 Å². The van der Waals surface area contributed by atoms with Crippen LogP contribution in [0.5, 0.6) is 0 Å². The van der Waals surface area contributed by atoms with Gasteiger partial charge in [0, 0.05) is 17.7 Å². The minimum absolute atomic E-state index is 0.190. The van der Waals surface area contributed by atoms with Crippen LogP contribution in [-0.2, 0) is 24.8 Å². The molecule has 3 aromatic heterocycles. The Balaban J connectivity index is 0.000000909. The fraction of sp³-hybridized carbons (Fsp3) is 0.0909. The number of carboxylic acids is 1. The number of carbonyl (C=O) groups is 1. The lowest BCUT2D eigenvalue weighted by atomic mass is 9.98. The summed E-state index contributed by atoms with van der Waals surface area (Å²) in [7, 11) is -9.26. The Hall–Kier alpha value is -4.40. The third-order valence-electron chi connectivity index (χ3n) is 5.28. The van der Waals surface area contributed by atoms with E-state index < -0.39 is 42.0 Å². The molecule has 0 saturated heterocycles. The molecule has 0 saturated carbocycles. The number of fused-ring (bicyclic) bond motifs is 1. The van der Waals surface area contributed by atoms with Crippen molar-refractivity contribution in [1.29, 1.82) is 0 Å². The molecule has 5 rings (SSSR count). The van der Waals surface area contributed by atoms with Crippen LogP contribution >= 0.6 is 11.3 Å². The number of tetrazole rings is 1. The first-order valence-corrected chi connectivity index (χ1v) is 15.1. The van der Waals surface area contributed by atoms with Gasteiger partial charge in [-0.1, -0.05) is 35.6 Å². The third kappa shape index (κ3) is 6.51. The smallest absolute Gasteiger partial charge is 0.243 e. The van der Waals surface area contributed by atoms with Crippen molar-refractivity contribution in [2.24, 2.45) is 10.9 Å². The Labute approximate surface area is 236 Å². The number of benzene rings is 2. The van der Waals surface area contributed by atoms with Crippen molar-refractivity contribution in [3.05, 3.63) is 60.4 Å². The van der Waals surface area contributed by atoms with Gasteiger partial charge in [0.05, 0.1) is 21.5 Å². The van der Waals surface area contributed by atoms with Gasteiger partial charge >= 0.3 is 0 Å². The van der Waals surface area contributed by atoms with Crippen LogP contribution in [0.15, 0.2) is 64.5 Å². The zero-order chi connectivity index (χ0) is 29.9. The Morgan fingerprint density at radius 3 is 2.41 bits per heavy atom. The molecule has 0 aliphatic rings. The van der Waals surface area contributed by atoms with Crippen molar-refractivity contribution in [1.82, 2.24) is 35.3 Å². The average Bonchev–Trinajstić information content (AvgIpc) is 3.56. The van der Waals surface area contributed by atoms with Gasteiger partial charge in [0.1, 0.15) is 16.0 Å². The van der Waals surface area contributed by atoms with E-state index >= 15 is 0 Å². The molecule has 0 bridgehead atoms. The molecule has 1 atom stereocenters. The predicted molar refractivity (Wildman–Crippen MR) is 146 cm³/mol. The molecule has 19 heteroatoms. The summed E-state index contributed by atoms with van der Waals surface area (Å²) in [4.78, 5) is 15.9. The Bertz CT molecular complexity index is 1930. The van der Waals surface area contributed by atoms with E-state index in [2.05, 4.69) is 35.3 Å². The minimum atomic E-state index is -4.69. The van der Waals surface area contributed by atoms with Crippen molar-refractivity contribution in [3.63, 3.8) is 0 Å². The van der Waals surface area contributed by atoms with Gasteiger partial charge in [-0.3, -0.25) is 4.98 Å². The monoisotopic (exact) mass is 617 g/mol. The summed E-state index contributed by atoms with van der Waals surface area (Å²) in [6.45, 7) is 0.972. The molecule has 5 aromatic rings. The number of carboxylic acid groups (broad SMARTS) is 1. The zero-order valence-corrected chi connectivity index (χ0v) is 23.4. The third-order valence-corrected chi connectivity index (χ3v) is 8.73. The summed E-state index contributed by atoms with van der Waals surface area (Å²) in [5.41, 5.74) is 13.1. The Morgan fingerprint density at radius 1 is 1.07 bits per heavy atom. The van der Waals surface area contributed by atoms with Gasteiger partial charge in [-0.25, -0.2) is 27.0 Å². The van der Waals surface area contributed by atoms with Crippen molar-refractivity contribution in [2.75, 3.05) is 5.73 Å². The number of pyridine rings is 1. The lowest BCUT2D eigenvalue weighted by Crippen LogP contribution is -2.35. The largest absolute Gasteiger partial charge is 0.550 e. The van der Waals surface area contributed by atoms with Crippen LogP contribution in [0.4, 0.5) is 5.13 Å². The summed E-state index contributed by atoms with van der Waals surface area (Å²) >= 11 is 1.23. The van der Waals surface area contributed by atoms with E-state index in [-0.39, 0.29) is 22.6 Å². The second kappa shape index (κ2) is 11.6. The lowest BCUT2D eigenvalue weighted by Gasteiger charge is -2.18. The molecule has 41 heavy (non-hydrogen) atoms. The molecule has 2 aromatic carbocycles. The number of H-pyrrole nitrogens is 1. The summed E-state index contributed by atoms with van der Waals surface area (Å²) in [5, 5.41) is 28.3. The number of nitrogens with two attached hydrogens (primary N) is 3. The lowest BCUT2D eigenvalue weighted by molar-refractivity contribution is -0.302. The highest BCUT2D eigenvalue weighted by Crippen LogP contribution is 2.42. The number of nitrogens with zero attached hydrogens (tertiary/aromatic N) is 5. The number of thiazole rings is 1.